The molecule has 0 spiro atoms. The monoisotopic (exact) mass is 152 g/mol. The number of rotatable bonds is 4. The lowest BCUT2D eigenvalue weighted by Crippen LogP contribution is -1.83. The number of allylic oxidation sites excluding steroid dienone is 2. The average Bonchev–Trinajstić information content (AvgIpc) is 2.83. The molecule has 1 N–H and O–H groups in total. The van der Waals surface area contributed by atoms with Crippen LogP contribution in [0.3, 0.4) is 0 Å². The van der Waals surface area contributed by atoms with Crippen molar-refractivity contribution >= 4 is 0 Å². The largest absolute Gasteiger partial charge is 0.396 e. The predicted molar refractivity (Wildman–Crippen MR) is 45.3 cm³/mol. The summed E-state index contributed by atoms with van der Waals surface area (Å²) in [6, 6.07) is 0. The van der Waals surface area contributed by atoms with Crippen LogP contribution in [0.2, 0.25) is 0 Å². The molecule has 0 bridgehead atoms. The van der Waals surface area contributed by atoms with Crippen LogP contribution in [0.5, 0.6) is 0 Å². The molecule has 2 aliphatic carbocycles. The van der Waals surface area contributed by atoms with Crippen molar-refractivity contribution in [2.24, 2.45) is 5.92 Å². The minimum atomic E-state index is 0.374. The van der Waals surface area contributed by atoms with E-state index in [0.29, 0.717) is 6.61 Å². The normalized spacial score (nSPS) is 27.5. The van der Waals surface area contributed by atoms with Crippen molar-refractivity contribution < 1.29 is 5.11 Å². The van der Waals surface area contributed by atoms with Gasteiger partial charge in [-0.15, -0.1) is 0 Å². The van der Waals surface area contributed by atoms with Gasteiger partial charge < -0.3 is 5.11 Å². The van der Waals surface area contributed by atoms with Crippen LogP contribution in [0.15, 0.2) is 11.1 Å². The van der Waals surface area contributed by atoms with E-state index in [4.69, 9.17) is 5.11 Å². The van der Waals surface area contributed by atoms with Crippen molar-refractivity contribution in [1.82, 2.24) is 0 Å². The molecule has 2 fully saturated rings. The van der Waals surface area contributed by atoms with E-state index >= 15 is 0 Å². The van der Waals surface area contributed by atoms with Crippen LogP contribution < -0.4 is 0 Å². The zero-order chi connectivity index (χ0) is 7.68. The van der Waals surface area contributed by atoms with Gasteiger partial charge in [0.1, 0.15) is 0 Å². The van der Waals surface area contributed by atoms with Gasteiger partial charge in [-0.2, -0.15) is 0 Å². The fourth-order valence-electron chi connectivity index (χ4n) is 1.80. The predicted octanol–water partition coefficient (Wildman–Crippen LogP) is 2.26. The molecule has 0 aromatic heterocycles. The van der Waals surface area contributed by atoms with Gasteiger partial charge in [0.25, 0.3) is 0 Å². The number of hydrogen-bond donors (Lipinski definition) is 1. The fraction of sp³-hybridized carbons (Fsp3) is 0.800. The summed E-state index contributed by atoms with van der Waals surface area (Å²) in [7, 11) is 0. The van der Waals surface area contributed by atoms with Gasteiger partial charge in [-0.1, -0.05) is 17.6 Å². The molecule has 0 saturated heterocycles. The molecule has 1 nitrogen and oxygen atoms in total. The third-order valence-electron chi connectivity index (χ3n) is 2.71. The van der Waals surface area contributed by atoms with Gasteiger partial charge in [0.2, 0.25) is 0 Å². The molecule has 0 radical (unpaired) electrons. The number of aliphatic hydroxyl groups excluding tert-OH is 1. The van der Waals surface area contributed by atoms with E-state index in [0.717, 1.165) is 12.3 Å². The first kappa shape index (κ1) is 7.35. The fourth-order valence-corrected chi connectivity index (χ4v) is 1.80. The first-order valence-corrected chi connectivity index (χ1v) is 4.73. The van der Waals surface area contributed by atoms with Gasteiger partial charge in [-0.25, -0.2) is 0 Å². The summed E-state index contributed by atoms with van der Waals surface area (Å²) in [4.78, 5) is 0. The quantitative estimate of drug-likeness (QED) is 0.484. The van der Waals surface area contributed by atoms with E-state index < -0.39 is 0 Å². The summed E-state index contributed by atoms with van der Waals surface area (Å²) in [6.07, 6.45) is 7.73. The highest BCUT2D eigenvalue weighted by atomic mass is 16.2. The number of aliphatic hydroxyl groups is 1. The molecule has 1 unspecified atom stereocenters. The van der Waals surface area contributed by atoms with E-state index in [9.17, 15) is 0 Å². The van der Waals surface area contributed by atoms with Gasteiger partial charge in [0, 0.05) is 6.61 Å². The summed E-state index contributed by atoms with van der Waals surface area (Å²) < 4.78 is 0. The lowest BCUT2D eigenvalue weighted by molar-refractivity contribution is 0.282. The van der Waals surface area contributed by atoms with Crippen molar-refractivity contribution in [3.63, 3.8) is 0 Å². The summed E-state index contributed by atoms with van der Waals surface area (Å²) in [5, 5.41) is 8.57. The maximum atomic E-state index is 8.57. The highest BCUT2D eigenvalue weighted by molar-refractivity contribution is 5.36. The lowest BCUT2D eigenvalue weighted by atomic mass is 10.2. The van der Waals surface area contributed by atoms with Crippen molar-refractivity contribution in [2.75, 3.05) is 6.61 Å². The maximum Gasteiger partial charge on any atom is 0.0431 e. The Morgan fingerprint density at radius 1 is 1.27 bits per heavy atom. The van der Waals surface area contributed by atoms with Crippen LogP contribution in [0.25, 0.3) is 0 Å². The van der Waals surface area contributed by atoms with Crippen LogP contribution in [-0.4, -0.2) is 11.7 Å². The molecule has 1 atom stereocenters. The Morgan fingerprint density at radius 3 is 2.73 bits per heavy atom. The standard InChI is InChI=1S/C10H16O/c11-6-2-1-3-9-7-10(9)8-4-5-8/h9,11H,1-7H2. The number of unbranched alkanes of at least 4 members (excludes halogenated alkanes) is 1. The summed E-state index contributed by atoms with van der Waals surface area (Å²) in [6.45, 7) is 0.374. The third kappa shape index (κ3) is 1.84. The average molecular weight is 152 g/mol. The van der Waals surface area contributed by atoms with E-state index in [1.54, 1.807) is 11.1 Å². The minimum Gasteiger partial charge on any atom is -0.396 e. The van der Waals surface area contributed by atoms with Crippen LogP contribution in [0.4, 0.5) is 0 Å². The molecule has 0 amide bonds. The van der Waals surface area contributed by atoms with Crippen LogP contribution in [0, 0.1) is 5.92 Å². The SMILES string of the molecule is OCCCCC1CC1=C1CC1. The highest BCUT2D eigenvalue weighted by Crippen LogP contribution is 2.50. The zero-order valence-electron chi connectivity index (χ0n) is 6.97. The Labute approximate surface area is 68.1 Å². The first-order chi connectivity index (χ1) is 5.42. The molecule has 0 aromatic carbocycles. The van der Waals surface area contributed by atoms with Crippen LogP contribution in [-0.2, 0) is 0 Å². The second-order valence-corrected chi connectivity index (χ2v) is 3.75. The van der Waals surface area contributed by atoms with Crippen molar-refractivity contribution in [3.05, 3.63) is 11.1 Å². The molecule has 1 heteroatoms. The Morgan fingerprint density at radius 2 is 2.09 bits per heavy atom. The molecule has 2 aliphatic rings. The van der Waals surface area contributed by atoms with E-state index in [1.165, 1.54) is 32.1 Å². The van der Waals surface area contributed by atoms with Gasteiger partial charge in [0.05, 0.1) is 0 Å². The molecule has 11 heavy (non-hydrogen) atoms. The maximum absolute atomic E-state index is 8.57. The Balaban J connectivity index is 1.64. The smallest absolute Gasteiger partial charge is 0.0431 e. The van der Waals surface area contributed by atoms with Crippen LogP contribution in [0.1, 0.15) is 38.5 Å². The molecule has 62 valence electrons. The molecule has 0 heterocycles. The second kappa shape index (κ2) is 2.98. The van der Waals surface area contributed by atoms with Gasteiger partial charge in [-0.05, 0) is 38.0 Å². The molecule has 0 aromatic rings. The molecular formula is C10H16O. The summed E-state index contributed by atoms with van der Waals surface area (Å²) >= 11 is 0. The summed E-state index contributed by atoms with van der Waals surface area (Å²) in [5.41, 5.74) is 3.54. The van der Waals surface area contributed by atoms with Crippen molar-refractivity contribution in [2.45, 2.75) is 38.5 Å². The minimum absolute atomic E-state index is 0.374. The van der Waals surface area contributed by atoms with Gasteiger partial charge in [0.15, 0.2) is 0 Å². The Bertz CT molecular complexity index is 175. The summed E-state index contributed by atoms with van der Waals surface area (Å²) in [5.74, 6) is 0.944. The second-order valence-electron chi connectivity index (χ2n) is 3.75. The van der Waals surface area contributed by atoms with Gasteiger partial charge in [-0.3, -0.25) is 0 Å². The Kier molecular flexibility index (Phi) is 1.99. The van der Waals surface area contributed by atoms with E-state index in [2.05, 4.69) is 0 Å². The topological polar surface area (TPSA) is 20.2 Å². The van der Waals surface area contributed by atoms with Crippen molar-refractivity contribution in [3.8, 4) is 0 Å². The van der Waals surface area contributed by atoms with E-state index in [-0.39, 0.29) is 0 Å². The zero-order valence-corrected chi connectivity index (χ0v) is 6.97. The van der Waals surface area contributed by atoms with Crippen molar-refractivity contribution in [1.29, 1.82) is 0 Å². The van der Waals surface area contributed by atoms with Crippen LogP contribution >= 0.6 is 0 Å². The number of hydrogen-bond acceptors (Lipinski definition) is 1. The van der Waals surface area contributed by atoms with Gasteiger partial charge >= 0.3 is 0 Å². The highest BCUT2D eigenvalue weighted by Gasteiger charge is 2.34. The molecule has 2 saturated carbocycles. The Hall–Kier alpha value is -0.300. The molecular weight excluding hydrogens is 136 g/mol. The van der Waals surface area contributed by atoms with E-state index in [1.807, 2.05) is 0 Å². The first-order valence-electron chi connectivity index (χ1n) is 4.73. The lowest BCUT2D eigenvalue weighted by Gasteiger charge is -1.93. The third-order valence-corrected chi connectivity index (χ3v) is 2.71. The molecule has 0 aliphatic heterocycles. The molecule has 2 rings (SSSR count).